The molecule has 6 heteroatoms. The number of amides is 1. The number of carbonyl (C=O) groups is 1. The molecule has 0 aliphatic heterocycles. The average Bonchev–Trinajstić information content (AvgIpc) is 2.81. The van der Waals surface area contributed by atoms with Crippen molar-refractivity contribution in [3.63, 3.8) is 0 Å². The van der Waals surface area contributed by atoms with Gasteiger partial charge >= 0.3 is 0 Å². The van der Waals surface area contributed by atoms with E-state index in [2.05, 4.69) is 10.4 Å². The fourth-order valence-electron chi connectivity index (χ4n) is 1.75. The van der Waals surface area contributed by atoms with E-state index in [1.54, 1.807) is 23.1 Å². The zero-order chi connectivity index (χ0) is 13.8. The number of aromatic nitrogens is 2. The quantitative estimate of drug-likeness (QED) is 0.818. The Morgan fingerprint density at radius 3 is 3.00 bits per heavy atom. The van der Waals surface area contributed by atoms with Crippen molar-refractivity contribution in [1.29, 1.82) is 0 Å². The summed E-state index contributed by atoms with van der Waals surface area (Å²) in [6.07, 6.45) is 3.46. The molecule has 0 saturated carbocycles. The van der Waals surface area contributed by atoms with Crippen LogP contribution in [0.2, 0.25) is 0 Å². The van der Waals surface area contributed by atoms with Gasteiger partial charge in [-0.25, -0.2) is 4.39 Å². The van der Waals surface area contributed by atoms with Gasteiger partial charge in [0.1, 0.15) is 5.82 Å². The molecule has 0 bridgehead atoms. The zero-order valence-electron chi connectivity index (χ0n) is 10.5. The summed E-state index contributed by atoms with van der Waals surface area (Å²) in [4.78, 5) is 11.9. The Morgan fingerprint density at radius 1 is 1.58 bits per heavy atom. The second-order valence-corrected chi connectivity index (χ2v) is 4.34. The van der Waals surface area contributed by atoms with Crippen molar-refractivity contribution in [3.8, 4) is 0 Å². The molecule has 1 aromatic heterocycles. The largest absolute Gasteiger partial charge is 0.399 e. The van der Waals surface area contributed by atoms with Crippen molar-refractivity contribution >= 4 is 11.6 Å². The maximum atomic E-state index is 13.6. The van der Waals surface area contributed by atoms with Crippen LogP contribution in [-0.4, -0.2) is 21.7 Å². The van der Waals surface area contributed by atoms with Crippen LogP contribution in [0.15, 0.2) is 36.7 Å². The summed E-state index contributed by atoms with van der Waals surface area (Å²) in [7, 11) is 0. The molecule has 0 aliphatic carbocycles. The standard InChI is InChI=1S/C13H15FN4O/c1-9(8-18-6-2-5-16-18)17-13(19)11-4-3-10(15)7-12(11)14/h2-7,9H,8,15H2,1H3,(H,17,19). The lowest BCUT2D eigenvalue weighted by Gasteiger charge is -2.14. The number of anilines is 1. The summed E-state index contributed by atoms with van der Waals surface area (Å²) in [5.41, 5.74) is 5.71. The highest BCUT2D eigenvalue weighted by Crippen LogP contribution is 2.11. The van der Waals surface area contributed by atoms with Crippen LogP contribution in [-0.2, 0) is 6.54 Å². The van der Waals surface area contributed by atoms with Crippen LogP contribution in [0.5, 0.6) is 0 Å². The van der Waals surface area contributed by atoms with Gasteiger partial charge < -0.3 is 11.1 Å². The molecule has 0 fully saturated rings. The van der Waals surface area contributed by atoms with E-state index in [4.69, 9.17) is 5.73 Å². The van der Waals surface area contributed by atoms with Gasteiger partial charge in [0.05, 0.1) is 12.1 Å². The van der Waals surface area contributed by atoms with Crippen molar-refractivity contribution in [2.45, 2.75) is 19.5 Å². The minimum atomic E-state index is -0.621. The van der Waals surface area contributed by atoms with E-state index in [-0.39, 0.29) is 11.6 Å². The molecular formula is C13H15FN4O. The molecular weight excluding hydrogens is 247 g/mol. The smallest absolute Gasteiger partial charge is 0.254 e. The topological polar surface area (TPSA) is 72.9 Å². The van der Waals surface area contributed by atoms with E-state index < -0.39 is 11.7 Å². The molecule has 1 aromatic carbocycles. The predicted molar refractivity (Wildman–Crippen MR) is 70.0 cm³/mol. The number of nitrogen functional groups attached to an aromatic ring is 1. The highest BCUT2D eigenvalue weighted by molar-refractivity contribution is 5.94. The molecule has 1 atom stereocenters. The molecule has 100 valence electrons. The first-order valence-electron chi connectivity index (χ1n) is 5.89. The minimum Gasteiger partial charge on any atom is -0.399 e. The van der Waals surface area contributed by atoms with Gasteiger partial charge in [0.25, 0.3) is 5.91 Å². The maximum Gasteiger partial charge on any atom is 0.254 e. The Balaban J connectivity index is 2.00. The number of carbonyl (C=O) groups excluding carboxylic acids is 1. The number of hydrogen-bond donors (Lipinski definition) is 2. The third-order valence-corrected chi connectivity index (χ3v) is 2.64. The first kappa shape index (κ1) is 13.1. The van der Waals surface area contributed by atoms with Gasteiger partial charge in [-0.05, 0) is 31.2 Å². The molecule has 1 heterocycles. The number of rotatable bonds is 4. The van der Waals surface area contributed by atoms with Crippen molar-refractivity contribution < 1.29 is 9.18 Å². The summed E-state index contributed by atoms with van der Waals surface area (Å²) < 4.78 is 15.3. The lowest BCUT2D eigenvalue weighted by molar-refractivity contribution is 0.0932. The molecule has 19 heavy (non-hydrogen) atoms. The Labute approximate surface area is 110 Å². The van der Waals surface area contributed by atoms with Crippen LogP contribution in [0, 0.1) is 5.82 Å². The molecule has 0 radical (unpaired) electrons. The van der Waals surface area contributed by atoms with E-state index in [0.717, 1.165) is 6.07 Å². The number of nitrogens with one attached hydrogen (secondary N) is 1. The van der Waals surface area contributed by atoms with Crippen molar-refractivity contribution in [1.82, 2.24) is 15.1 Å². The first-order chi connectivity index (χ1) is 9.06. The van der Waals surface area contributed by atoms with Crippen LogP contribution >= 0.6 is 0 Å². The average molecular weight is 262 g/mol. The number of nitrogens with two attached hydrogens (primary N) is 1. The highest BCUT2D eigenvalue weighted by Gasteiger charge is 2.14. The van der Waals surface area contributed by atoms with E-state index in [1.807, 2.05) is 6.92 Å². The summed E-state index contributed by atoms with van der Waals surface area (Å²) in [6, 6.07) is 5.64. The molecule has 5 nitrogen and oxygen atoms in total. The third kappa shape index (κ3) is 3.31. The lowest BCUT2D eigenvalue weighted by Crippen LogP contribution is -2.36. The van der Waals surface area contributed by atoms with Crippen LogP contribution in [0.3, 0.4) is 0 Å². The van der Waals surface area contributed by atoms with Gasteiger partial charge in [-0.3, -0.25) is 9.48 Å². The molecule has 2 aromatic rings. The molecule has 0 aliphatic rings. The molecule has 2 rings (SSSR count). The van der Waals surface area contributed by atoms with Gasteiger partial charge in [0, 0.05) is 24.1 Å². The predicted octanol–water partition coefficient (Wildman–Crippen LogP) is 1.42. The van der Waals surface area contributed by atoms with E-state index >= 15 is 0 Å². The van der Waals surface area contributed by atoms with Gasteiger partial charge in [-0.2, -0.15) is 5.10 Å². The summed E-state index contributed by atoms with van der Waals surface area (Å²) in [5.74, 6) is -1.08. The van der Waals surface area contributed by atoms with E-state index in [1.165, 1.54) is 12.1 Å². The fourth-order valence-corrected chi connectivity index (χ4v) is 1.75. The van der Waals surface area contributed by atoms with Gasteiger partial charge in [-0.1, -0.05) is 0 Å². The lowest BCUT2D eigenvalue weighted by atomic mass is 10.1. The summed E-state index contributed by atoms with van der Waals surface area (Å²) in [6.45, 7) is 2.35. The Morgan fingerprint density at radius 2 is 2.37 bits per heavy atom. The fraction of sp³-hybridized carbons (Fsp3) is 0.231. The van der Waals surface area contributed by atoms with Gasteiger partial charge in [0.15, 0.2) is 0 Å². The van der Waals surface area contributed by atoms with Gasteiger partial charge in [0.2, 0.25) is 0 Å². The Bertz CT molecular complexity index is 568. The number of halogens is 1. The summed E-state index contributed by atoms with van der Waals surface area (Å²) >= 11 is 0. The second-order valence-electron chi connectivity index (χ2n) is 4.34. The van der Waals surface area contributed by atoms with Crippen LogP contribution in [0.1, 0.15) is 17.3 Å². The highest BCUT2D eigenvalue weighted by atomic mass is 19.1. The zero-order valence-corrected chi connectivity index (χ0v) is 10.5. The Kier molecular flexibility index (Phi) is 3.79. The van der Waals surface area contributed by atoms with Crippen LogP contribution in [0.25, 0.3) is 0 Å². The monoisotopic (exact) mass is 262 g/mol. The third-order valence-electron chi connectivity index (χ3n) is 2.64. The van der Waals surface area contributed by atoms with Crippen molar-refractivity contribution in [2.75, 3.05) is 5.73 Å². The normalized spacial score (nSPS) is 12.1. The Hall–Kier alpha value is -2.37. The van der Waals surface area contributed by atoms with Crippen LogP contribution < -0.4 is 11.1 Å². The maximum absolute atomic E-state index is 13.6. The first-order valence-corrected chi connectivity index (χ1v) is 5.89. The minimum absolute atomic E-state index is 0.0125. The molecule has 0 spiro atoms. The molecule has 1 amide bonds. The van der Waals surface area contributed by atoms with Crippen molar-refractivity contribution in [2.24, 2.45) is 0 Å². The van der Waals surface area contributed by atoms with Crippen LogP contribution in [0.4, 0.5) is 10.1 Å². The van der Waals surface area contributed by atoms with E-state index in [9.17, 15) is 9.18 Å². The summed E-state index contributed by atoms with van der Waals surface area (Å²) in [5, 5.41) is 6.75. The second kappa shape index (κ2) is 5.51. The number of nitrogens with zero attached hydrogens (tertiary/aromatic N) is 2. The molecule has 1 unspecified atom stereocenters. The molecule has 3 N–H and O–H groups in total. The van der Waals surface area contributed by atoms with Gasteiger partial charge in [-0.15, -0.1) is 0 Å². The number of hydrogen-bond acceptors (Lipinski definition) is 3. The molecule has 0 saturated heterocycles. The number of benzene rings is 1. The van der Waals surface area contributed by atoms with E-state index in [0.29, 0.717) is 12.2 Å². The SMILES string of the molecule is CC(Cn1cccn1)NC(=O)c1ccc(N)cc1F. The van der Waals surface area contributed by atoms with Crippen molar-refractivity contribution in [3.05, 3.63) is 48.0 Å².